The van der Waals surface area contributed by atoms with Gasteiger partial charge in [-0.15, -0.1) is 0 Å². The van der Waals surface area contributed by atoms with Gasteiger partial charge in [0, 0.05) is 0 Å². The molecule has 2 saturated carbocycles. The Hall–Kier alpha value is -0.820. The number of hydrogen-bond donors (Lipinski definition) is 1. The molecule has 0 heterocycles. The van der Waals surface area contributed by atoms with E-state index in [2.05, 4.69) is 44.2 Å². The molecule has 1 aromatic rings. The minimum absolute atomic E-state index is 0.151. The van der Waals surface area contributed by atoms with Crippen LogP contribution in [0.2, 0.25) is 0 Å². The maximum Gasteiger partial charge on any atom is 0.0709 e. The Bertz CT molecular complexity index is 426. The highest BCUT2D eigenvalue weighted by Crippen LogP contribution is 2.60. The third-order valence-corrected chi connectivity index (χ3v) is 6.01. The first-order chi connectivity index (χ1) is 8.55. The SMILES string of the molecule is CC1CCC2(O)CC(c3ccccc3)CCC12C. The van der Waals surface area contributed by atoms with Gasteiger partial charge in [-0.1, -0.05) is 44.2 Å². The van der Waals surface area contributed by atoms with Gasteiger partial charge in [0.25, 0.3) is 0 Å². The lowest BCUT2D eigenvalue weighted by molar-refractivity contribution is -0.102. The van der Waals surface area contributed by atoms with E-state index in [0.717, 1.165) is 12.8 Å². The van der Waals surface area contributed by atoms with Crippen molar-refractivity contribution >= 4 is 0 Å². The zero-order chi connectivity index (χ0) is 12.8. The Morgan fingerprint density at radius 3 is 2.56 bits per heavy atom. The van der Waals surface area contributed by atoms with Gasteiger partial charge in [0.15, 0.2) is 0 Å². The van der Waals surface area contributed by atoms with Crippen molar-refractivity contribution in [3.05, 3.63) is 35.9 Å². The largest absolute Gasteiger partial charge is 0.389 e. The Morgan fingerprint density at radius 2 is 1.83 bits per heavy atom. The predicted octanol–water partition coefficient (Wildman–Crippen LogP) is 4.12. The summed E-state index contributed by atoms with van der Waals surface area (Å²) < 4.78 is 0. The number of aliphatic hydroxyl groups is 1. The second-order valence-electron chi connectivity index (χ2n) is 6.74. The van der Waals surface area contributed by atoms with Crippen molar-refractivity contribution < 1.29 is 5.11 Å². The van der Waals surface area contributed by atoms with E-state index >= 15 is 0 Å². The molecule has 0 saturated heterocycles. The first kappa shape index (κ1) is 12.2. The maximum absolute atomic E-state index is 11.1. The van der Waals surface area contributed by atoms with Crippen molar-refractivity contribution in [2.24, 2.45) is 11.3 Å². The molecule has 1 N–H and O–H groups in total. The van der Waals surface area contributed by atoms with Gasteiger partial charge in [-0.05, 0) is 54.9 Å². The van der Waals surface area contributed by atoms with Gasteiger partial charge in [0.1, 0.15) is 0 Å². The molecule has 3 rings (SSSR count). The molecule has 0 spiro atoms. The summed E-state index contributed by atoms with van der Waals surface area (Å²) in [6.07, 6.45) is 5.54. The highest BCUT2D eigenvalue weighted by atomic mass is 16.3. The molecule has 2 aliphatic rings. The van der Waals surface area contributed by atoms with Crippen LogP contribution in [0.1, 0.15) is 57.4 Å². The third kappa shape index (κ3) is 1.64. The van der Waals surface area contributed by atoms with Crippen LogP contribution in [0, 0.1) is 11.3 Å². The summed E-state index contributed by atoms with van der Waals surface area (Å²) in [4.78, 5) is 0. The monoisotopic (exact) mass is 244 g/mol. The van der Waals surface area contributed by atoms with Gasteiger partial charge in [-0.3, -0.25) is 0 Å². The summed E-state index contributed by atoms with van der Waals surface area (Å²) in [5.41, 5.74) is 1.14. The normalized spacial score (nSPS) is 43.7. The van der Waals surface area contributed by atoms with Crippen LogP contribution in [0.25, 0.3) is 0 Å². The van der Waals surface area contributed by atoms with Crippen molar-refractivity contribution in [2.45, 2.75) is 57.5 Å². The van der Waals surface area contributed by atoms with Crippen molar-refractivity contribution in [3.63, 3.8) is 0 Å². The topological polar surface area (TPSA) is 20.2 Å². The average Bonchev–Trinajstić information content (AvgIpc) is 2.63. The minimum Gasteiger partial charge on any atom is -0.389 e. The summed E-state index contributed by atoms with van der Waals surface area (Å²) in [6.45, 7) is 4.63. The summed E-state index contributed by atoms with van der Waals surface area (Å²) in [7, 11) is 0. The quantitative estimate of drug-likeness (QED) is 0.788. The van der Waals surface area contributed by atoms with Crippen LogP contribution in [-0.4, -0.2) is 10.7 Å². The molecule has 0 radical (unpaired) electrons. The highest BCUT2D eigenvalue weighted by Gasteiger charge is 2.57. The molecule has 4 atom stereocenters. The summed E-state index contributed by atoms with van der Waals surface area (Å²) in [5, 5.41) is 11.1. The van der Waals surface area contributed by atoms with E-state index < -0.39 is 5.60 Å². The van der Waals surface area contributed by atoms with Crippen LogP contribution in [0.5, 0.6) is 0 Å². The summed E-state index contributed by atoms with van der Waals surface area (Å²) in [5.74, 6) is 1.22. The fourth-order valence-electron chi connectivity index (χ4n) is 4.33. The fourth-order valence-corrected chi connectivity index (χ4v) is 4.33. The van der Waals surface area contributed by atoms with Gasteiger partial charge in [-0.25, -0.2) is 0 Å². The van der Waals surface area contributed by atoms with Crippen LogP contribution in [0.4, 0.5) is 0 Å². The zero-order valence-electron chi connectivity index (χ0n) is 11.5. The van der Waals surface area contributed by atoms with Gasteiger partial charge >= 0.3 is 0 Å². The zero-order valence-corrected chi connectivity index (χ0v) is 11.5. The highest BCUT2D eigenvalue weighted by molar-refractivity contribution is 5.23. The lowest BCUT2D eigenvalue weighted by Gasteiger charge is -2.49. The van der Waals surface area contributed by atoms with Crippen molar-refractivity contribution in [3.8, 4) is 0 Å². The molecule has 2 aliphatic carbocycles. The second kappa shape index (κ2) is 4.09. The molecule has 0 aromatic heterocycles. The molecule has 2 fully saturated rings. The van der Waals surface area contributed by atoms with Crippen LogP contribution in [0.3, 0.4) is 0 Å². The molecule has 0 bridgehead atoms. The first-order valence-electron chi connectivity index (χ1n) is 7.32. The molecule has 18 heavy (non-hydrogen) atoms. The second-order valence-corrected chi connectivity index (χ2v) is 6.74. The fraction of sp³-hybridized carbons (Fsp3) is 0.647. The van der Waals surface area contributed by atoms with Gasteiger partial charge < -0.3 is 5.11 Å². The minimum atomic E-state index is -0.425. The smallest absolute Gasteiger partial charge is 0.0709 e. The average molecular weight is 244 g/mol. The van der Waals surface area contributed by atoms with E-state index in [-0.39, 0.29) is 5.41 Å². The van der Waals surface area contributed by atoms with E-state index in [1.54, 1.807) is 0 Å². The van der Waals surface area contributed by atoms with E-state index in [1.165, 1.54) is 24.8 Å². The molecule has 98 valence electrons. The Balaban J connectivity index is 1.86. The third-order valence-electron chi connectivity index (χ3n) is 6.01. The number of benzene rings is 1. The van der Waals surface area contributed by atoms with E-state index in [0.29, 0.717) is 11.8 Å². The van der Waals surface area contributed by atoms with E-state index in [1.807, 2.05) is 0 Å². The standard InChI is InChI=1S/C17H24O/c1-13-8-11-17(18)12-15(9-10-16(13,17)2)14-6-4-3-5-7-14/h3-7,13,15,18H,8-12H2,1-2H3. The molecule has 0 amide bonds. The first-order valence-corrected chi connectivity index (χ1v) is 7.32. The van der Waals surface area contributed by atoms with Crippen LogP contribution < -0.4 is 0 Å². The Labute approximate surface area is 110 Å². The van der Waals surface area contributed by atoms with E-state index in [9.17, 15) is 5.11 Å². The lowest BCUT2D eigenvalue weighted by atomic mass is 9.59. The predicted molar refractivity (Wildman–Crippen MR) is 74.5 cm³/mol. The molecular formula is C17H24O. The molecule has 1 nitrogen and oxygen atoms in total. The Kier molecular flexibility index (Phi) is 2.78. The molecule has 1 aromatic carbocycles. The van der Waals surface area contributed by atoms with Crippen molar-refractivity contribution in [1.29, 1.82) is 0 Å². The maximum atomic E-state index is 11.1. The molecule has 4 unspecified atom stereocenters. The molecular weight excluding hydrogens is 220 g/mol. The van der Waals surface area contributed by atoms with Crippen LogP contribution >= 0.6 is 0 Å². The van der Waals surface area contributed by atoms with Crippen LogP contribution in [-0.2, 0) is 0 Å². The van der Waals surface area contributed by atoms with Gasteiger partial charge in [0.05, 0.1) is 5.60 Å². The number of fused-ring (bicyclic) bond motifs is 1. The van der Waals surface area contributed by atoms with Crippen molar-refractivity contribution in [2.75, 3.05) is 0 Å². The number of rotatable bonds is 1. The summed E-state index contributed by atoms with van der Waals surface area (Å²) in [6, 6.07) is 10.7. The Morgan fingerprint density at radius 1 is 1.11 bits per heavy atom. The molecule has 0 aliphatic heterocycles. The lowest BCUT2D eigenvalue weighted by Crippen LogP contribution is -2.48. The summed E-state index contributed by atoms with van der Waals surface area (Å²) >= 11 is 0. The van der Waals surface area contributed by atoms with Gasteiger partial charge in [-0.2, -0.15) is 0 Å². The van der Waals surface area contributed by atoms with E-state index in [4.69, 9.17) is 0 Å². The molecule has 1 heteroatoms. The number of hydrogen-bond acceptors (Lipinski definition) is 1. The van der Waals surface area contributed by atoms with Crippen molar-refractivity contribution in [1.82, 2.24) is 0 Å². The van der Waals surface area contributed by atoms with Crippen LogP contribution in [0.15, 0.2) is 30.3 Å². The van der Waals surface area contributed by atoms with Gasteiger partial charge in [0.2, 0.25) is 0 Å².